The molecule has 94 valence electrons. The summed E-state index contributed by atoms with van der Waals surface area (Å²) in [5.41, 5.74) is 5.09. The van der Waals surface area contributed by atoms with Gasteiger partial charge in [0, 0.05) is 11.1 Å². The third-order valence-corrected chi connectivity index (χ3v) is 4.54. The maximum atomic E-state index is 12.3. The second kappa shape index (κ2) is 4.02. The zero-order valence-corrected chi connectivity index (χ0v) is 11.3. The standard InChI is InChI=1S/C13H26N2O/c1-6-13(8-7-9-13)15-10(16)11(2,3)12(4,5)14/h6-9,14H2,1-5H3,(H,15,16). The average molecular weight is 226 g/mol. The van der Waals surface area contributed by atoms with E-state index in [4.69, 9.17) is 5.73 Å². The average Bonchev–Trinajstić information content (AvgIpc) is 2.08. The number of hydrogen-bond acceptors (Lipinski definition) is 2. The molecule has 1 saturated carbocycles. The maximum Gasteiger partial charge on any atom is 0.227 e. The SMILES string of the molecule is CCC1(NC(=O)C(C)(C)C(C)(C)N)CCC1. The van der Waals surface area contributed by atoms with E-state index >= 15 is 0 Å². The van der Waals surface area contributed by atoms with Crippen LogP contribution in [-0.4, -0.2) is 17.0 Å². The first-order valence-corrected chi connectivity index (χ1v) is 6.26. The van der Waals surface area contributed by atoms with Crippen LogP contribution < -0.4 is 11.1 Å². The van der Waals surface area contributed by atoms with Crippen molar-refractivity contribution < 1.29 is 4.79 Å². The van der Waals surface area contributed by atoms with E-state index in [1.807, 2.05) is 27.7 Å². The molecule has 1 rings (SSSR count). The van der Waals surface area contributed by atoms with Crippen molar-refractivity contribution in [3.63, 3.8) is 0 Å². The molecule has 1 fully saturated rings. The molecule has 0 aromatic rings. The van der Waals surface area contributed by atoms with Gasteiger partial charge in [0.2, 0.25) is 5.91 Å². The van der Waals surface area contributed by atoms with Gasteiger partial charge >= 0.3 is 0 Å². The molecule has 1 aliphatic carbocycles. The summed E-state index contributed by atoms with van der Waals surface area (Å²) in [6.45, 7) is 9.80. The lowest BCUT2D eigenvalue weighted by molar-refractivity contribution is -0.135. The Kier molecular flexibility index (Phi) is 3.39. The summed E-state index contributed by atoms with van der Waals surface area (Å²) in [7, 11) is 0. The molecule has 3 nitrogen and oxygen atoms in total. The lowest BCUT2D eigenvalue weighted by Gasteiger charge is -2.46. The van der Waals surface area contributed by atoms with Crippen molar-refractivity contribution in [3.05, 3.63) is 0 Å². The molecule has 1 aliphatic rings. The van der Waals surface area contributed by atoms with Gasteiger partial charge < -0.3 is 11.1 Å². The molecule has 0 spiro atoms. The first-order chi connectivity index (χ1) is 7.15. The fourth-order valence-corrected chi connectivity index (χ4v) is 1.86. The fraction of sp³-hybridized carbons (Fsp3) is 0.923. The molecule has 0 aromatic carbocycles. The number of nitrogens with two attached hydrogens (primary N) is 1. The van der Waals surface area contributed by atoms with Crippen molar-refractivity contribution >= 4 is 5.91 Å². The number of amides is 1. The van der Waals surface area contributed by atoms with Gasteiger partial charge in [-0.25, -0.2) is 0 Å². The fourth-order valence-electron chi connectivity index (χ4n) is 1.86. The number of nitrogens with one attached hydrogen (secondary N) is 1. The van der Waals surface area contributed by atoms with Gasteiger partial charge in [0.25, 0.3) is 0 Å². The third kappa shape index (κ3) is 2.24. The summed E-state index contributed by atoms with van der Waals surface area (Å²) in [5.74, 6) is 0.0848. The van der Waals surface area contributed by atoms with Crippen molar-refractivity contribution in [1.29, 1.82) is 0 Å². The Morgan fingerprint density at radius 2 is 1.81 bits per heavy atom. The molecule has 0 unspecified atom stereocenters. The minimum Gasteiger partial charge on any atom is -0.350 e. The molecule has 0 aromatic heterocycles. The summed E-state index contributed by atoms with van der Waals surface area (Å²) >= 11 is 0. The molecule has 0 saturated heterocycles. The zero-order valence-electron chi connectivity index (χ0n) is 11.3. The van der Waals surface area contributed by atoms with Gasteiger partial charge in [0.15, 0.2) is 0 Å². The Hall–Kier alpha value is -0.570. The smallest absolute Gasteiger partial charge is 0.227 e. The quantitative estimate of drug-likeness (QED) is 0.772. The van der Waals surface area contributed by atoms with E-state index in [0.717, 1.165) is 19.3 Å². The van der Waals surface area contributed by atoms with Crippen LogP contribution >= 0.6 is 0 Å². The van der Waals surface area contributed by atoms with Gasteiger partial charge in [-0.15, -0.1) is 0 Å². The van der Waals surface area contributed by atoms with E-state index in [0.29, 0.717) is 0 Å². The van der Waals surface area contributed by atoms with Crippen LogP contribution in [-0.2, 0) is 4.79 Å². The van der Waals surface area contributed by atoms with Crippen LogP contribution in [0, 0.1) is 5.41 Å². The molecule has 0 aliphatic heterocycles. The minimum atomic E-state index is -0.537. The lowest BCUT2D eigenvalue weighted by Crippen LogP contribution is -2.62. The second-order valence-corrected chi connectivity index (χ2v) is 6.29. The van der Waals surface area contributed by atoms with Crippen LogP contribution in [0.5, 0.6) is 0 Å². The second-order valence-electron chi connectivity index (χ2n) is 6.29. The zero-order chi connectivity index (χ0) is 12.6. The largest absolute Gasteiger partial charge is 0.350 e. The summed E-state index contributed by atoms with van der Waals surface area (Å²) in [4.78, 5) is 12.3. The first kappa shape index (κ1) is 13.5. The van der Waals surface area contributed by atoms with E-state index in [2.05, 4.69) is 12.2 Å². The van der Waals surface area contributed by atoms with Crippen molar-refractivity contribution in [2.24, 2.45) is 11.1 Å². The van der Waals surface area contributed by atoms with Crippen molar-refractivity contribution in [2.75, 3.05) is 0 Å². The van der Waals surface area contributed by atoms with Crippen LogP contribution in [0.15, 0.2) is 0 Å². The van der Waals surface area contributed by atoms with Crippen molar-refractivity contribution in [2.45, 2.75) is 71.4 Å². The highest BCUT2D eigenvalue weighted by Crippen LogP contribution is 2.37. The van der Waals surface area contributed by atoms with E-state index in [-0.39, 0.29) is 11.4 Å². The monoisotopic (exact) mass is 226 g/mol. The van der Waals surface area contributed by atoms with E-state index in [9.17, 15) is 4.79 Å². The van der Waals surface area contributed by atoms with Crippen LogP contribution in [0.3, 0.4) is 0 Å². The molecular formula is C13H26N2O. The van der Waals surface area contributed by atoms with Gasteiger partial charge in [-0.1, -0.05) is 6.92 Å². The number of carbonyl (C=O) groups excluding carboxylic acids is 1. The number of carbonyl (C=O) groups is 1. The summed E-state index contributed by atoms with van der Waals surface area (Å²) in [5, 5.41) is 3.21. The van der Waals surface area contributed by atoms with Gasteiger partial charge in [-0.05, 0) is 53.4 Å². The summed E-state index contributed by atoms with van der Waals surface area (Å²) in [6.07, 6.45) is 4.45. The molecule has 16 heavy (non-hydrogen) atoms. The molecule has 3 heteroatoms. The van der Waals surface area contributed by atoms with Crippen LogP contribution in [0.25, 0.3) is 0 Å². The molecule has 0 bridgehead atoms. The third-order valence-electron chi connectivity index (χ3n) is 4.54. The van der Waals surface area contributed by atoms with E-state index < -0.39 is 11.0 Å². The molecule has 0 radical (unpaired) electrons. The molecular weight excluding hydrogens is 200 g/mol. The molecule has 1 amide bonds. The van der Waals surface area contributed by atoms with Gasteiger partial charge in [0.1, 0.15) is 0 Å². The first-order valence-electron chi connectivity index (χ1n) is 6.26. The Balaban J connectivity index is 2.72. The van der Waals surface area contributed by atoms with Gasteiger partial charge in [-0.2, -0.15) is 0 Å². The highest BCUT2D eigenvalue weighted by molar-refractivity contribution is 5.84. The van der Waals surface area contributed by atoms with Gasteiger partial charge in [0.05, 0.1) is 5.41 Å². The normalized spacial score (nSPS) is 20.1. The Morgan fingerprint density at radius 1 is 1.31 bits per heavy atom. The highest BCUT2D eigenvalue weighted by Gasteiger charge is 2.45. The highest BCUT2D eigenvalue weighted by atomic mass is 16.2. The number of hydrogen-bond donors (Lipinski definition) is 2. The van der Waals surface area contributed by atoms with E-state index in [1.54, 1.807) is 0 Å². The molecule has 3 N–H and O–H groups in total. The Morgan fingerprint density at radius 3 is 2.06 bits per heavy atom. The van der Waals surface area contributed by atoms with Crippen molar-refractivity contribution in [3.8, 4) is 0 Å². The number of rotatable bonds is 4. The topological polar surface area (TPSA) is 55.1 Å². The maximum absolute atomic E-state index is 12.3. The predicted molar refractivity (Wildman–Crippen MR) is 67.1 cm³/mol. The van der Waals surface area contributed by atoms with E-state index in [1.165, 1.54) is 6.42 Å². The molecule has 0 atom stereocenters. The predicted octanol–water partition coefficient (Wildman–Crippen LogP) is 2.20. The summed E-state index contributed by atoms with van der Waals surface area (Å²) in [6, 6.07) is 0. The lowest BCUT2D eigenvalue weighted by atomic mass is 9.71. The molecule has 0 heterocycles. The van der Waals surface area contributed by atoms with Crippen LogP contribution in [0.4, 0.5) is 0 Å². The van der Waals surface area contributed by atoms with Crippen molar-refractivity contribution in [1.82, 2.24) is 5.32 Å². The Bertz CT molecular complexity index is 267. The summed E-state index contributed by atoms with van der Waals surface area (Å²) < 4.78 is 0. The minimum absolute atomic E-state index is 0.0552. The Labute approximate surface area is 99.2 Å². The van der Waals surface area contributed by atoms with Crippen LogP contribution in [0.2, 0.25) is 0 Å². The van der Waals surface area contributed by atoms with Gasteiger partial charge in [-0.3, -0.25) is 4.79 Å². The van der Waals surface area contributed by atoms with Crippen LogP contribution in [0.1, 0.15) is 60.3 Å².